The summed E-state index contributed by atoms with van der Waals surface area (Å²) in [5.74, 6) is 0.373. The minimum atomic E-state index is -0.0653. The Hall–Kier alpha value is -1.67. The zero-order chi connectivity index (χ0) is 16.2. The van der Waals surface area contributed by atoms with Crippen LogP contribution in [0.3, 0.4) is 0 Å². The molecule has 2 nitrogen and oxygen atoms in total. The van der Waals surface area contributed by atoms with E-state index in [9.17, 15) is 5.11 Å². The van der Waals surface area contributed by atoms with Gasteiger partial charge < -0.3 is 10.0 Å². The van der Waals surface area contributed by atoms with Crippen LogP contribution in [0.1, 0.15) is 39.2 Å². The third kappa shape index (κ3) is 2.09. The predicted molar refractivity (Wildman–Crippen MR) is 95.0 cm³/mol. The molecule has 1 N–H and O–H groups in total. The van der Waals surface area contributed by atoms with Crippen molar-refractivity contribution in [2.45, 2.75) is 45.2 Å². The summed E-state index contributed by atoms with van der Waals surface area (Å²) in [6.45, 7) is 12.7. The molecule has 0 aromatic heterocycles. The number of rotatable bonds is 1. The number of fused-ring (bicyclic) bond motifs is 3. The summed E-state index contributed by atoms with van der Waals surface area (Å²) in [4.78, 5) is 2.34. The largest absolute Gasteiger partial charge is 0.507 e. The molecule has 0 saturated heterocycles. The first-order chi connectivity index (χ1) is 10.2. The maximum absolute atomic E-state index is 10.4. The van der Waals surface area contributed by atoms with Gasteiger partial charge in [0.05, 0.1) is 0 Å². The fourth-order valence-electron chi connectivity index (χ4n) is 3.89. The van der Waals surface area contributed by atoms with E-state index in [1.54, 1.807) is 0 Å². The van der Waals surface area contributed by atoms with Crippen molar-refractivity contribution in [1.29, 1.82) is 0 Å². The molecule has 1 aliphatic rings. The number of phenolic OH excluding ortho intramolecular Hbond substituents is 1. The van der Waals surface area contributed by atoms with Crippen LogP contribution in [0.5, 0.6) is 5.75 Å². The van der Waals surface area contributed by atoms with Crippen LogP contribution in [0.4, 0.5) is 5.69 Å². The van der Waals surface area contributed by atoms with Crippen LogP contribution in [0.25, 0.3) is 10.8 Å². The molecule has 0 aliphatic carbocycles. The zero-order valence-corrected chi connectivity index (χ0v) is 14.3. The van der Waals surface area contributed by atoms with Gasteiger partial charge in [0.2, 0.25) is 0 Å². The summed E-state index contributed by atoms with van der Waals surface area (Å²) in [5, 5.41) is 13.0. The van der Waals surface area contributed by atoms with E-state index in [0.29, 0.717) is 10.8 Å². The quantitative estimate of drug-likeness (QED) is 0.762. The van der Waals surface area contributed by atoms with Gasteiger partial charge >= 0.3 is 0 Å². The summed E-state index contributed by atoms with van der Waals surface area (Å²) in [6, 6.07) is 10.0. The van der Waals surface area contributed by atoms with Gasteiger partial charge in [0.1, 0.15) is 5.75 Å². The molecule has 2 aromatic rings. The van der Waals surface area contributed by atoms with E-state index in [1.807, 2.05) is 24.3 Å². The van der Waals surface area contributed by atoms with Gasteiger partial charge in [-0.25, -0.2) is 0 Å². The number of nitrogens with zero attached hydrogens (tertiary/aromatic N) is 1. The smallest absolute Gasteiger partial charge is 0.125 e. The molecule has 22 heavy (non-hydrogen) atoms. The van der Waals surface area contributed by atoms with E-state index in [2.05, 4.69) is 45.2 Å². The summed E-state index contributed by atoms with van der Waals surface area (Å²) >= 11 is 6.38. The van der Waals surface area contributed by atoms with Crippen LogP contribution in [-0.4, -0.2) is 16.7 Å². The highest BCUT2D eigenvalue weighted by molar-refractivity contribution is 6.30. The minimum absolute atomic E-state index is 0.0568. The highest BCUT2D eigenvalue weighted by Crippen LogP contribution is 2.52. The van der Waals surface area contributed by atoms with Crippen molar-refractivity contribution in [3.63, 3.8) is 0 Å². The Bertz CT molecular complexity index is 760. The lowest BCUT2D eigenvalue weighted by molar-refractivity contribution is 0.452. The Morgan fingerprint density at radius 1 is 1.23 bits per heavy atom. The number of benzene rings is 2. The van der Waals surface area contributed by atoms with E-state index in [0.717, 1.165) is 16.5 Å². The number of phenols is 1. The number of aromatic hydroxyl groups is 1. The van der Waals surface area contributed by atoms with Crippen molar-refractivity contribution in [3.8, 4) is 5.75 Å². The fraction of sp³-hybridized carbons (Fsp3) is 0.368. The molecule has 1 aliphatic heterocycles. The molecule has 0 amide bonds. The molecule has 1 heterocycles. The summed E-state index contributed by atoms with van der Waals surface area (Å²) in [6.07, 6.45) is 0. The van der Waals surface area contributed by atoms with E-state index in [-0.39, 0.29) is 17.5 Å². The second-order valence-corrected chi connectivity index (χ2v) is 7.57. The lowest BCUT2D eigenvalue weighted by Gasteiger charge is -2.39. The van der Waals surface area contributed by atoms with Crippen LogP contribution >= 0.6 is 11.6 Å². The van der Waals surface area contributed by atoms with E-state index in [1.165, 1.54) is 5.56 Å². The van der Waals surface area contributed by atoms with E-state index >= 15 is 0 Å². The van der Waals surface area contributed by atoms with Crippen molar-refractivity contribution in [3.05, 3.63) is 47.5 Å². The molecule has 0 spiro atoms. The lowest BCUT2D eigenvalue weighted by Crippen LogP contribution is -2.46. The average molecular weight is 316 g/mol. The Labute approximate surface area is 137 Å². The maximum Gasteiger partial charge on any atom is 0.125 e. The van der Waals surface area contributed by atoms with Crippen molar-refractivity contribution in [2.75, 3.05) is 4.90 Å². The molecular formula is C19H22ClNO. The first-order valence-electron chi connectivity index (χ1n) is 7.61. The zero-order valence-electron chi connectivity index (χ0n) is 13.5. The van der Waals surface area contributed by atoms with Crippen LogP contribution in [0, 0.1) is 0 Å². The molecule has 3 rings (SSSR count). The van der Waals surface area contributed by atoms with Crippen molar-refractivity contribution >= 4 is 28.1 Å². The van der Waals surface area contributed by atoms with Gasteiger partial charge in [-0.1, -0.05) is 42.4 Å². The molecule has 0 saturated carbocycles. The average Bonchev–Trinajstić information content (AvgIpc) is 2.71. The van der Waals surface area contributed by atoms with Gasteiger partial charge in [-0.2, -0.15) is 0 Å². The Morgan fingerprint density at radius 2 is 1.82 bits per heavy atom. The van der Waals surface area contributed by atoms with Gasteiger partial charge in [0.15, 0.2) is 0 Å². The summed E-state index contributed by atoms with van der Waals surface area (Å²) < 4.78 is 0. The van der Waals surface area contributed by atoms with E-state index in [4.69, 9.17) is 11.6 Å². The first-order valence-corrected chi connectivity index (χ1v) is 7.99. The van der Waals surface area contributed by atoms with E-state index < -0.39 is 0 Å². The summed E-state index contributed by atoms with van der Waals surface area (Å²) in [5.41, 5.74) is 2.17. The number of hydrogen-bond donors (Lipinski definition) is 1. The Morgan fingerprint density at radius 3 is 2.36 bits per heavy atom. The third-order valence-electron chi connectivity index (χ3n) is 4.56. The van der Waals surface area contributed by atoms with Crippen molar-refractivity contribution < 1.29 is 5.11 Å². The highest BCUT2D eigenvalue weighted by Gasteiger charge is 2.42. The first kappa shape index (κ1) is 15.2. The predicted octanol–water partition coefficient (Wildman–Crippen LogP) is 5.39. The number of anilines is 1. The third-order valence-corrected chi connectivity index (χ3v) is 4.80. The van der Waals surface area contributed by atoms with Crippen molar-refractivity contribution in [2.24, 2.45) is 0 Å². The fourth-order valence-corrected chi connectivity index (χ4v) is 4.18. The highest BCUT2D eigenvalue weighted by atomic mass is 35.5. The van der Waals surface area contributed by atoms with Crippen LogP contribution in [-0.2, 0) is 0 Å². The van der Waals surface area contributed by atoms with Gasteiger partial charge in [-0.15, -0.1) is 0 Å². The Balaban J connectivity index is 2.40. The SMILES string of the molecule is C=C(Cl)C1c2c(cc(O)c3ccccc23)N(C(C)(C)C)[C@H]1C. The number of halogens is 1. The molecule has 1 unspecified atom stereocenters. The van der Waals surface area contributed by atoms with Gasteiger partial charge in [0.25, 0.3) is 0 Å². The Kier molecular flexibility index (Phi) is 3.41. The molecule has 116 valence electrons. The van der Waals surface area contributed by atoms with Gasteiger partial charge in [-0.05, 0) is 38.6 Å². The van der Waals surface area contributed by atoms with Crippen LogP contribution in [0.2, 0.25) is 0 Å². The molecule has 0 bridgehead atoms. The molecule has 3 heteroatoms. The van der Waals surface area contributed by atoms with Gasteiger partial charge in [-0.3, -0.25) is 0 Å². The number of hydrogen-bond acceptors (Lipinski definition) is 2. The van der Waals surface area contributed by atoms with Gasteiger partial charge in [0, 0.05) is 39.7 Å². The minimum Gasteiger partial charge on any atom is -0.507 e. The monoisotopic (exact) mass is 315 g/mol. The molecule has 2 aromatic carbocycles. The molecule has 0 fully saturated rings. The second kappa shape index (κ2) is 4.92. The van der Waals surface area contributed by atoms with Crippen LogP contribution < -0.4 is 4.90 Å². The summed E-state index contributed by atoms with van der Waals surface area (Å²) in [7, 11) is 0. The van der Waals surface area contributed by atoms with Crippen LogP contribution in [0.15, 0.2) is 41.9 Å². The van der Waals surface area contributed by atoms with Crippen molar-refractivity contribution in [1.82, 2.24) is 0 Å². The molecule has 0 radical (unpaired) electrons. The molecular weight excluding hydrogens is 294 g/mol. The standard InChI is InChI=1S/C19H22ClNO/c1-11(20)17-12(2)21(19(3,4)5)15-10-16(22)13-8-6-7-9-14(13)18(15)17/h6-10,12,17,22H,1H2,2-5H3/t12-,17?/m0/s1. The normalized spacial score (nSPS) is 21.2. The second-order valence-electron chi connectivity index (χ2n) is 7.08. The lowest BCUT2D eigenvalue weighted by atomic mass is 9.91. The topological polar surface area (TPSA) is 23.5 Å². The molecule has 2 atom stereocenters. The maximum atomic E-state index is 10.4.